The summed E-state index contributed by atoms with van der Waals surface area (Å²) in [5, 5.41) is 8.30. The summed E-state index contributed by atoms with van der Waals surface area (Å²) in [6.45, 7) is 2.14. The SMILES string of the molecule is CC1C=C(S/C(=C/C(N)=O)C(=N)c2ccccc2)C=CC1. The van der Waals surface area contributed by atoms with Crippen molar-refractivity contribution in [3.63, 3.8) is 0 Å². The van der Waals surface area contributed by atoms with Gasteiger partial charge in [0.1, 0.15) is 0 Å². The molecule has 0 heterocycles. The van der Waals surface area contributed by atoms with E-state index < -0.39 is 5.91 Å². The van der Waals surface area contributed by atoms with Crippen molar-refractivity contribution in [1.82, 2.24) is 0 Å². The van der Waals surface area contributed by atoms with Crippen LogP contribution in [0.25, 0.3) is 0 Å². The van der Waals surface area contributed by atoms with E-state index in [1.165, 1.54) is 17.8 Å². The molecule has 0 spiro atoms. The van der Waals surface area contributed by atoms with Crippen LogP contribution in [0, 0.1) is 11.3 Å². The van der Waals surface area contributed by atoms with Gasteiger partial charge in [-0.25, -0.2) is 0 Å². The molecule has 1 aromatic rings. The number of nitrogens with two attached hydrogens (primary N) is 1. The monoisotopic (exact) mass is 298 g/mol. The largest absolute Gasteiger partial charge is 0.366 e. The molecule has 2 rings (SSSR count). The van der Waals surface area contributed by atoms with Crippen LogP contribution >= 0.6 is 11.8 Å². The molecule has 0 saturated carbocycles. The van der Waals surface area contributed by atoms with Gasteiger partial charge in [0, 0.05) is 21.4 Å². The summed E-state index contributed by atoms with van der Waals surface area (Å²) in [6, 6.07) is 9.35. The lowest BCUT2D eigenvalue weighted by Crippen LogP contribution is -2.10. The van der Waals surface area contributed by atoms with Gasteiger partial charge in [0.05, 0.1) is 5.71 Å². The van der Waals surface area contributed by atoms with Crippen LogP contribution in [0.4, 0.5) is 0 Å². The lowest BCUT2D eigenvalue weighted by Gasteiger charge is -2.14. The number of amides is 1. The quantitative estimate of drug-likeness (QED) is 0.644. The van der Waals surface area contributed by atoms with Crippen LogP contribution in [-0.2, 0) is 4.79 Å². The molecular weight excluding hydrogens is 280 g/mol. The minimum absolute atomic E-state index is 0.312. The Morgan fingerprint density at radius 1 is 1.38 bits per heavy atom. The van der Waals surface area contributed by atoms with Crippen LogP contribution in [0.15, 0.2) is 64.4 Å². The number of thioether (sulfide) groups is 1. The van der Waals surface area contributed by atoms with Crippen LogP contribution in [0.5, 0.6) is 0 Å². The second kappa shape index (κ2) is 7.09. The Morgan fingerprint density at radius 2 is 2.10 bits per heavy atom. The van der Waals surface area contributed by atoms with E-state index in [-0.39, 0.29) is 0 Å². The summed E-state index contributed by atoms with van der Waals surface area (Å²) < 4.78 is 0. The molecule has 21 heavy (non-hydrogen) atoms. The molecule has 1 amide bonds. The van der Waals surface area contributed by atoms with Crippen LogP contribution in [0.1, 0.15) is 18.9 Å². The van der Waals surface area contributed by atoms with Gasteiger partial charge >= 0.3 is 0 Å². The molecule has 0 saturated heterocycles. The van der Waals surface area contributed by atoms with Crippen molar-refractivity contribution in [2.75, 3.05) is 0 Å². The van der Waals surface area contributed by atoms with Crippen molar-refractivity contribution in [3.05, 3.63) is 70.0 Å². The maximum absolute atomic E-state index is 11.2. The Kier molecular flexibility index (Phi) is 5.17. The normalized spacial score (nSPS) is 18.2. The van der Waals surface area contributed by atoms with Gasteiger partial charge in [-0.05, 0) is 12.3 Å². The topological polar surface area (TPSA) is 66.9 Å². The fourth-order valence-electron chi connectivity index (χ4n) is 2.03. The predicted octanol–water partition coefficient (Wildman–Crippen LogP) is 3.64. The number of carbonyl (C=O) groups is 1. The lowest BCUT2D eigenvalue weighted by atomic mass is 10.0. The number of hydrogen-bond donors (Lipinski definition) is 2. The summed E-state index contributed by atoms with van der Waals surface area (Å²) >= 11 is 1.41. The van der Waals surface area contributed by atoms with Gasteiger partial charge in [-0.2, -0.15) is 0 Å². The molecule has 1 aliphatic rings. The Balaban J connectivity index is 2.26. The van der Waals surface area contributed by atoms with Crippen molar-refractivity contribution < 1.29 is 4.79 Å². The second-order valence-corrected chi connectivity index (χ2v) is 6.05. The molecule has 1 aromatic carbocycles. The Hall–Kier alpha value is -2.07. The molecule has 0 radical (unpaired) electrons. The third-order valence-electron chi connectivity index (χ3n) is 3.05. The van der Waals surface area contributed by atoms with E-state index in [4.69, 9.17) is 11.1 Å². The number of benzene rings is 1. The Morgan fingerprint density at radius 3 is 2.71 bits per heavy atom. The third kappa shape index (κ3) is 4.46. The first-order chi connectivity index (χ1) is 10.1. The average Bonchev–Trinajstić information content (AvgIpc) is 2.46. The molecule has 0 aliphatic heterocycles. The second-order valence-electron chi connectivity index (χ2n) is 4.94. The molecule has 1 atom stereocenters. The molecule has 0 bridgehead atoms. The van der Waals surface area contributed by atoms with Crippen LogP contribution in [0.2, 0.25) is 0 Å². The first-order valence-electron chi connectivity index (χ1n) is 6.78. The molecule has 0 fully saturated rings. The first kappa shape index (κ1) is 15.3. The maximum Gasteiger partial charge on any atom is 0.242 e. The zero-order chi connectivity index (χ0) is 15.2. The molecular formula is C17H18N2OS. The van der Waals surface area contributed by atoms with Crippen molar-refractivity contribution in [1.29, 1.82) is 5.41 Å². The minimum Gasteiger partial charge on any atom is -0.366 e. The molecule has 3 N–H and O–H groups in total. The van der Waals surface area contributed by atoms with Crippen LogP contribution in [0.3, 0.4) is 0 Å². The number of hydrogen-bond acceptors (Lipinski definition) is 3. The van der Waals surface area contributed by atoms with Crippen molar-refractivity contribution >= 4 is 23.4 Å². The Bertz CT molecular complexity index is 629. The number of primary amides is 1. The van der Waals surface area contributed by atoms with E-state index in [9.17, 15) is 4.79 Å². The predicted molar refractivity (Wildman–Crippen MR) is 89.1 cm³/mol. The first-order valence-corrected chi connectivity index (χ1v) is 7.59. The molecule has 4 heteroatoms. The third-order valence-corrected chi connectivity index (χ3v) is 4.10. The van der Waals surface area contributed by atoms with Crippen LogP contribution < -0.4 is 5.73 Å². The fraction of sp³-hybridized carbons (Fsp3) is 0.176. The van der Waals surface area contributed by atoms with E-state index >= 15 is 0 Å². The van der Waals surface area contributed by atoms with Gasteiger partial charge < -0.3 is 5.73 Å². The number of nitrogens with one attached hydrogen (secondary N) is 1. The van der Waals surface area contributed by atoms with Gasteiger partial charge in [0.2, 0.25) is 5.91 Å². The molecule has 1 unspecified atom stereocenters. The smallest absolute Gasteiger partial charge is 0.242 e. The summed E-state index contributed by atoms with van der Waals surface area (Å²) in [6.07, 6.45) is 8.64. The highest BCUT2D eigenvalue weighted by atomic mass is 32.2. The highest BCUT2D eigenvalue weighted by Gasteiger charge is 2.13. The van der Waals surface area contributed by atoms with Gasteiger partial charge in [-0.1, -0.05) is 67.2 Å². The average molecular weight is 298 g/mol. The standard InChI is InChI=1S/C17H18N2OS/c1-12-6-5-9-14(10-12)21-15(11-16(18)20)17(19)13-7-3-2-4-8-13/h2-5,7-12,19H,6H2,1H3,(H2,18,20)/b15-11+,19-17?. The summed E-state index contributed by atoms with van der Waals surface area (Å²) in [5.41, 5.74) is 6.36. The van der Waals surface area contributed by atoms with E-state index in [1.54, 1.807) is 0 Å². The van der Waals surface area contributed by atoms with E-state index in [1.807, 2.05) is 36.4 Å². The zero-order valence-corrected chi connectivity index (χ0v) is 12.7. The molecule has 1 aliphatic carbocycles. The Labute approximate surface area is 129 Å². The number of allylic oxidation sites excluding steroid dienone is 4. The zero-order valence-electron chi connectivity index (χ0n) is 11.9. The summed E-state index contributed by atoms with van der Waals surface area (Å²) in [7, 11) is 0. The highest BCUT2D eigenvalue weighted by molar-refractivity contribution is 8.07. The maximum atomic E-state index is 11.2. The van der Waals surface area contributed by atoms with Gasteiger partial charge in [-0.15, -0.1) is 0 Å². The van der Waals surface area contributed by atoms with E-state index in [2.05, 4.69) is 19.1 Å². The fourth-order valence-corrected chi connectivity index (χ4v) is 3.14. The summed E-state index contributed by atoms with van der Waals surface area (Å²) in [4.78, 5) is 12.9. The molecule has 3 nitrogen and oxygen atoms in total. The van der Waals surface area contributed by atoms with Gasteiger partial charge in [0.25, 0.3) is 0 Å². The van der Waals surface area contributed by atoms with E-state index in [0.29, 0.717) is 16.5 Å². The van der Waals surface area contributed by atoms with Crippen LogP contribution in [-0.4, -0.2) is 11.6 Å². The lowest BCUT2D eigenvalue weighted by molar-refractivity contribution is -0.113. The van der Waals surface area contributed by atoms with Gasteiger partial charge in [-0.3, -0.25) is 10.2 Å². The molecule has 108 valence electrons. The van der Waals surface area contributed by atoms with Crippen molar-refractivity contribution in [2.24, 2.45) is 11.7 Å². The highest BCUT2D eigenvalue weighted by Crippen LogP contribution is 2.32. The van der Waals surface area contributed by atoms with E-state index in [0.717, 1.165) is 16.9 Å². The molecule has 0 aromatic heterocycles. The van der Waals surface area contributed by atoms with Crippen molar-refractivity contribution in [2.45, 2.75) is 13.3 Å². The minimum atomic E-state index is -0.536. The van der Waals surface area contributed by atoms with Gasteiger partial charge in [0.15, 0.2) is 0 Å². The number of rotatable bonds is 5. The van der Waals surface area contributed by atoms with Crippen molar-refractivity contribution in [3.8, 4) is 0 Å². The number of carbonyl (C=O) groups excluding carboxylic acids is 1. The summed E-state index contributed by atoms with van der Waals surface area (Å²) in [5.74, 6) is -0.0649.